The third kappa shape index (κ3) is 2.38. The molecule has 6 nitrogen and oxygen atoms in total. The number of aromatic nitrogens is 3. The topological polar surface area (TPSA) is 85.8 Å². The van der Waals surface area contributed by atoms with E-state index >= 15 is 0 Å². The molecule has 94 valence electrons. The summed E-state index contributed by atoms with van der Waals surface area (Å²) in [4.78, 5) is 11.6. The molecule has 0 aliphatic carbocycles. The van der Waals surface area contributed by atoms with Crippen molar-refractivity contribution in [2.75, 3.05) is 5.32 Å². The van der Waals surface area contributed by atoms with Gasteiger partial charge in [-0.1, -0.05) is 12.1 Å². The van der Waals surface area contributed by atoms with Crippen LogP contribution in [0.1, 0.15) is 6.92 Å². The second kappa shape index (κ2) is 4.97. The molecule has 0 aliphatic rings. The normalized spacial score (nSPS) is 12.2. The first kappa shape index (κ1) is 12.3. The Morgan fingerprint density at radius 1 is 1.44 bits per heavy atom. The van der Waals surface area contributed by atoms with Crippen LogP contribution in [-0.4, -0.2) is 26.7 Å². The summed E-state index contributed by atoms with van der Waals surface area (Å²) >= 11 is 0. The van der Waals surface area contributed by atoms with Gasteiger partial charge in [0.2, 0.25) is 5.91 Å². The Morgan fingerprint density at radius 2 is 2.17 bits per heavy atom. The van der Waals surface area contributed by atoms with Crippen molar-refractivity contribution in [1.29, 1.82) is 0 Å². The molecule has 0 saturated heterocycles. The number of anilines is 1. The maximum absolute atomic E-state index is 11.6. The standard InChI is InChI=1S/C12H15N5O/c1-8(13)12(18)15-10-6-4-3-5-9(10)11-16-14-7-17(11)2/h3-8H,13H2,1-2H3,(H,15,18). The van der Waals surface area contributed by atoms with E-state index in [1.54, 1.807) is 17.8 Å². The average molecular weight is 245 g/mol. The molecule has 0 radical (unpaired) electrons. The lowest BCUT2D eigenvalue weighted by atomic mass is 10.1. The molecule has 6 heteroatoms. The van der Waals surface area contributed by atoms with Crippen molar-refractivity contribution >= 4 is 11.6 Å². The van der Waals surface area contributed by atoms with Gasteiger partial charge in [-0.25, -0.2) is 0 Å². The van der Waals surface area contributed by atoms with Crippen molar-refractivity contribution in [1.82, 2.24) is 14.8 Å². The summed E-state index contributed by atoms with van der Waals surface area (Å²) in [5.74, 6) is 0.459. The van der Waals surface area contributed by atoms with Crippen LogP contribution in [0.15, 0.2) is 30.6 Å². The molecule has 1 unspecified atom stereocenters. The van der Waals surface area contributed by atoms with Crippen LogP contribution >= 0.6 is 0 Å². The van der Waals surface area contributed by atoms with Gasteiger partial charge in [0.25, 0.3) is 0 Å². The van der Waals surface area contributed by atoms with E-state index < -0.39 is 6.04 Å². The van der Waals surface area contributed by atoms with E-state index in [1.807, 2.05) is 31.3 Å². The minimum Gasteiger partial charge on any atom is -0.324 e. The van der Waals surface area contributed by atoms with E-state index in [0.29, 0.717) is 11.5 Å². The number of hydrogen-bond acceptors (Lipinski definition) is 4. The quantitative estimate of drug-likeness (QED) is 0.836. The highest BCUT2D eigenvalue weighted by atomic mass is 16.2. The van der Waals surface area contributed by atoms with E-state index in [2.05, 4.69) is 15.5 Å². The van der Waals surface area contributed by atoms with Crippen LogP contribution in [0, 0.1) is 0 Å². The van der Waals surface area contributed by atoms with Crippen LogP contribution in [0.2, 0.25) is 0 Å². The molecule has 18 heavy (non-hydrogen) atoms. The first-order valence-electron chi connectivity index (χ1n) is 5.59. The molecule has 2 rings (SSSR count). The molecule has 0 bridgehead atoms. The zero-order valence-corrected chi connectivity index (χ0v) is 10.3. The van der Waals surface area contributed by atoms with Gasteiger partial charge in [-0.15, -0.1) is 10.2 Å². The Morgan fingerprint density at radius 3 is 2.78 bits per heavy atom. The molecule has 0 aliphatic heterocycles. The number of hydrogen-bond donors (Lipinski definition) is 2. The third-order valence-corrected chi connectivity index (χ3v) is 2.55. The highest BCUT2D eigenvalue weighted by molar-refractivity contribution is 5.97. The van der Waals surface area contributed by atoms with Crippen molar-refractivity contribution in [3.8, 4) is 11.4 Å². The van der Waals surface area contributed by atoms with Crippen molar-refractivity contribution in [3.05, 3.63) is 30.6 Å². The fourth-order valence-electron chi connectivity index (χ4n) is 1.56. The zero-order chi connectivity index (χ0) is 13.1. The van der Waals surface area contributed by atoms with Gasteiger partial charge in [-0.2, -0.15) is 0 Å². The molecule has 0 saturated carbocycles. The summed E-state index contributed by atoms with van der Waals surface area (Å²) < 4.78 is 1.79. The molecular weight excluding hydrogens is 230 g/mol. The van der Waals surface area contributed by atoms with Crippen LogP contribution < -0.4 is 11.1 Å². The molecule has 1 aromatic carbocycles. The van der Waals surface area contributed by atoms with Gasteiger partial charge in [0, 0.05) is 12.6 Å². The lowest BCUT2D eigenvalue weighted by Gasteiger charge is -2.11. The molecular formula is C12H15N5O. The predicted molar refractivity (Wildman–Crippen MR) is 68.7 cm³/mol. The number of amides is 1. The number of rotatable bonds is 3. The zero-order valence-electron chi connectivity index (χ0n) is 10.3. The van der Waals surface area contributed by atoms with Crippen molar-refractivity contribution in [2.45, 2.75) is 13.0 Å². The maximum atomic E-state index is 11.6. The van der Waals surface area contributed by atoms with Crippen LogP contribution in [0.3, 0.4) is 0 Å². The Hall–Kier alpha value is -2.21. The molecule has 0 spiro atoms. The van der Waals surface area contributed by atoms with E-state index in [1.165, 1.54) is 0 Å². The van der Waals surface area contributed by atoms with Gasteiger partial charge < -0.3 is 15.6 Å². The molecule has 1 amide bonds. The number of nitrogens with two attached hydrogens (primary N) is 1. The lowest BCUT2D eigenvalue weighted by Crippen LogP contribution is -2.32. The second-order valence-electron chi connectivity index (χ2n) is 4.09. The van der Waals surface area contributed by atoms with E-state index in [0.717, 1.165) is 5.56 Å². The van der Waals surface area contributed by atoms with Gasteiger partial charge in [-0.3, -0.25) is 4.79 Å². The number of aryl methyl sites for hydroxylation is 1. The number of nitrogens with one attached hydrogen (secondary N) is 1. The first-order chi connectivity index (χ1) is 8.59. The van der Waals surface area contributed by atoms with E-state index in [-0.39, 0.29) is 5.91 Å². The summed E-state index contributed by atoms with van der Waals surface area (Å²) in [7, 11) is 1.85. The average Bonchev–Trinajstić information content (AvgIpc) is 2.76. The van der Waals surface area contributed by atoms with Crippen LogP contribution in [0.25, 0.3) is 11.4 Å². The van der Waals surface area contributed by atoms with Gasteiger partial charge in [0.1, 0.15) is 6.33 Å². The molecule has 1 heterocycles. The monoisotopic (exact) mass is 245 g/mol. The Kier molecular flexibility index (Phi) is 3.38. The fraction of sp³-hybridized carbons (Fsp3) is 0.250. The fourth-order valence-corrected chi connectivity index (χ4v) is 1.56. The Labute approximate surface area is 105 Å². The SMILES string of the molecule is CC(N)C(=O)Nc1ccccc1-c1nncn1C. The summed E-state index contributed by atoms with van der Waals surface area (Å²) in [6, 6.07) is 6.85. The highest BCUT2D eigenvalue weighted by Crippen LogP contribution is 2.25. The van der Waals surface area contributed by atoms with Crippen molar-refractivity contribution in [2.24, 2.45) is 12.8 Å². The molecule has 1 aromatic heterocycles. The lowest BCUT2D eigenvalue weighted by molar-refractivity contribution is -0.117. The minimum absolute atomic E-state index is 0.232. The maximum Gasteiger partial charge on any atom is 0.241 e. The Bertz CT molecular complexity index is 561. The predicted octanol–water partition coefficient (Wildman–Crippen LogP) is 0.768. The minimum atomic E-state index is -0.558. The second-order valence-corrected chi connectivity index (χ2v) is 4.09. The largest absolute Gasteiger partial charge is 0.324 e. The number of benzene rings is 1. The van der Waals surface area contributed by atoms with Crippen LogP contribution in [0.4, 0.5) is 5.69 Å². The van der Waals surface area contributed by atoms with Gasteiger partial charge in [0.15, 0.2) is 5.82 Å². The number of nitrogens with zero attached hydrogens (tertiary/aromatic N) is 3. The molecule has 1 atom stereocenters. The molecule has 0 fully saturated rings. The number of para-hydroxylation sites is 1. The smallest absolute Gasteiger partial charge is 0.241 e. The summed E-state index contributed by atoms with van der Waals surface area (Å²) in [6.45, 7) is 1.64. The number of carbonyl (C=O) groups excluding carboxylic acids is 1. The van der Waals surface area contributed by atoms with Crippen molar-refractivity contribution < 1.29 is 4.79 Å². The van der Waals surface area contributed by atoms with E-state index in [4.69, 9.17) is 5.73 Å². The number of carbonyl (C=O) groups is 1. The molecule has 3 N–H and O–H groups in total. The van der Waals surface area contributed by atoms with E-state index in [9.17, 15) is 4.79 Å². The first-order valence-corrected chi connectivity index (χ1v) is 5.59. The van der Waals surface area contributed by atoms with Crippen LogP contribution in [-0.2, 0) is 11.8 Å². The summed E-state index contributed by atoms with van der Waals surface area (Å²) in [5, 5.41) is 10.6. The van der Waals surface area contributed by atoms with Crippen LogP contribution in [0.5, 0.6) is 0 Å². The van der Waals surface area contributed by atoms with Crippen molar-refractivity contribution in [3.63, 3.8) is 0 Å². The summed E-state index contributed by atoms with van der Waals surface area (Å²) in [6.07, 6.45) is 1.61. The highest BCUT2D eigenvalue weighted by Gasteiger charge is 2.13. The van der Waals surface area contributed by atoms with Gasteiger partial charge in [-0.05, 0) is 19.1 Å². The molecule has 2 aromatic rings. The summed E-state index contributed by atoms with van der Waals surface area (Å²) in [5.41, 5.74) is 7.03. The van der Waals surface area contributed by atoms with Gasteiger partial charge >= 0.3 is 0 Å². The van der Waals surface area contributed by atoms with Gasteiger partial charge in [0.05, 0.1) is 11.7 Å². The third-order valence-electron chi connectivity index (χ3n) is 2.55. The Balaban J connectivity index is 2.38.